The maximum absolute atomic E-state index is 10.6. The molecule has 0 radical (unpaired) electrons. The van der Waals surface area contributed by atoms with E-state index in [0.29, 0.717) is 17.3 Å². The molecule has 22 heavy (non-hydrogen) atoms. The minimum atomic E-state index is 0.123. The highest BCUT2D eigenvalue weighted by molar-refractivity contribution is 7.80. The first kappa shape index (κ1) is 14.4. The highest BCUT2D eigenvalue weighted by Crippen LogP contribution is 2.42. The third-order valence-electron chi connectivity index (χ3n) is 3.45. The second kappa shape index (κ2) is 6.07. The molecule has 5 heteroatoms. The van der Waals surface area contributed by atoms with Crippen LogP contribution in [0.2, 0.25) is 0 Å². The standard InChI is InChI=1S/C17H15N3OS/c1-2-18-17(22)20-19-15-13-9-5-3-7-11(13)12-8-4-6-10-14(12)16(15)21/h3-10,21H,2H2,1H3,(H,18,22). The molecule has 0 saturated carbocycles. The molecule has 0 spiro atoms. The number of fused-ring (bicyclic) bond motifs is 3. The van der Waals surface area contributed by atoms with Crippen molar-refractivity contribution < 1.29 is 5.11 Å². The molecule has 0 aliphatic heterocycles. The van der Waals surface area contributed by atoms with Crippen molar-refractivity contribution in [3.8, 4) is 5.75 Å². The molecule has 0 unspecified atom stereocenters. The Morgan fingerprint density at radius 1 is 1.00 bits per heavy atom. The molecule has 0 atom stereocenters. The van der Waals surface area contributed by atoms with Crippen LogP contribution >= 0.6 is 12.2 Å². The van der Waals surface area contributed by atoms with Crippen molar-refractivity contribution in [1.29, 1.82) is 0 Å². The molecular formula is C17H15N3OS. The number of nitrogens with zero attached hydrogens (tertiary/aromatic N) is 2. The summed E-state index contributed by atoms with van der Waals surface area (Å²) in [6, 6.07) is 15.5. The Hall–Kier alpha value is -2.53. The molecule has 3 aromatic carbocycles. The van der Waals surface area contributed by atoms with Crippen molar-refractivity contribution in [3.05, 3.63) is 48.5 Å². The van der Waals surface area contributed by atoms with Crippen molar-refractivity contribution >= 4 is 44.6 Å². The highest BCUT2D eigenvalue weighted by atomic mass is 32.1. The average Bonchev–Trinajstić information content (AvgIpc) is 2.55. The third-order valence-corrected chi connectivity index (χ3v) is 3.67. The molecule has 0 fully saturated rings. The summed E-state index contributed by atoms with van der Waals surface area (Å²) in [7, 11) is 0. The van der Waals surface area contributed by atoms with E-state index < -0.39 is 0 Å². The van der Waals surface area contributed by atoms with Gasteiger partial charge in [0.05, 0.1) is 0 Å². The lowest BCUT2D eigenvalue weighted by Gasteiger charge is -2.09. The Morgan fingerprint density at radius 2 is 1.55 bits per heavy atom. The molecule has 0 aliphatic rings. The van der Waals surface area contributed by atoms with Gasteiger partial charge in [0.2, 0.25) is 5.11 Å². The van der Waals surface area contributed by atoms with Crippen molar-refractivity contribution in [2.45, 2.75) is 6.92 Å². The number of hydrogen-bond acceptors (Lipinski definition) is 3. The van der Waals surface area contributed by atoms with Crippen LogP contribution in [0.1, 0.15) is 6.92 Å². The number of nitrogens with one attached hydrogen (secondary N) is 1. The summed E-state index contributed by atoms with van der Waals surface area (Å²) in [5.74, 6) is 0.123. The van der Waals surface area contributed by atoms with E-state index >= 15 is 0 Å². The summed E-state index contributed by atoms with van der Waals surface area (Å²) in [6.07, 6.45) is 0. The fourth-order valence-corrected chi connectivity index (χ4v) is 2.67. The lowest BCUT2D eigenvalue weighted by Crippen LogP contribution is -2.17. The van der Waals surface area contributed by atoms with Gasteiger partial charge in [-0.25, -0.2) is 0 Å². The molecule has 4 nitrogen and oxygen atoms in total. The smallest absolute Gasteiger partial charge is 0.213 e. The van der Waals surface area contributed by atoms with E-state index in [1.807, 2.05) is 55.5 Å². The molecular weight excluding hydrogens is 294 g/mol. The fraction of sp³-hybridized carbons (Fsp3) is 0.118. The predicted molar refractivity (Wildman–Crippen MR) is 93.9 cm³/mol. The molecule has 0 heterocycles. The topological polar surface area (TPSA) is 57.0 Å². The van der Waals surface area contributed by atoms with Crippen molar-refractivity contribution in [1.82, 2.24) is 5.32 Å². The number of azo groups is 1. The zero-order valence-electron chi connectivity index (χ0n) is 12.1. The molecule has 110 valence electrons. The summed E-state index contributed by atoms with van der Waals surface area (Å²) in [5.41, 5.74) is 0.439. The van der Waals surface area contributed by atoms with Gasteiger partial charge in [0.1, 0.15) is 5.69 Å². The fourth-order valence-electron chi connectivity index (χ4n) is 2.49. The van der Waals surface area contributed by atoms with Crippen LogP contribution in [-0.2, 0) is 0 Å². The van der Waals surface area contributed by atoms with Crippen molar-refractivity contribution in [3.63, 3.8) is 0 Å². The van der Waals surface area contributed by atoms with E-state index in [-0.39, 0.29) is 5.75 Å². The Bertz CT molecular complexity index is 890. The van der Waals surface area contributed by atoms with Crippen molar-refractivity contribution in [2.75, 3.05) is 6.54 Å². The molecule has 3 aromatic rings. The largest absolute Gasteiger partial charge is 0.505 e. The van der Waals surface area contributed by atoms with Crippen LogP contribution in [0.25, 0.3) is 21.5 Å². The molecule has 2 N–H and O–H groups in total. The minimum absolute atomic E-state index is 0.123. The zero-order valence-corrected chi connectivity index (χ0v) is 12.9. The van der Waals surface area contributed by atoms with Crippen LogP contribution in [0.3, 0.4) is 0 Å². The van der Waals surface area contributed by atoms with Gasteiger partial charge in [0, 0.05) is 17.3 Å². The molecule has 0 aliphatic carbocycles. The summed E-state index contributed by atoms with van der Waals surface area (Å²) >= 11 is 5.06. The highest BCUT2D eigenvalue weighted by Gasteiger charge is 2.12. The monoisotopic (exact) mass is 309 g/mol. The second-order valence-corrected chi connectivity index (χ2v) is 5.21. The van der Waals surface area contributed by atoms with Crippen LogP contribution in [0, 0.1) is 0 Å². The van der Waals surface area contributed by atoms with Gasteiger partial charge in [-0.15, -0.1) is 10.2 Å². The van der Waals surface area contributed by atoms with Gasteiger partial charge in [0.15, 0.2) is 5.75 Å². The molecule has 0 aromatic heterocycles. The van der Waals surface area contributed by atoms with Gasteiger partial charge >= 0.3 is 0 Å². The first-order valence-electron chi connectivity index (χ1n) is 7.04. The van der Waals surface area contributed by atoms with Crippen LogP contribution in [0.5, 0.6) is 5.75 Å². The summed E-state index contributed by atoms with van der Waals surface area (Å²) < 4.78 is 0. The van der Waals surface area contributed by atoms with Gasteiger partial charge in [-0.3, -0.25) is 0 Å². The Labute approximate surface area is 133 Å². The van der Waals surface area contributed by atoms with Gasteiger partial charge in [-0.2, -0.15) is 0 Å². The van der Waals surface area contributed by atoms with E-state index in [1.54, 1.807) is 0 Å². The maximum Gasteiger partial charge on any atom is 0.213 e. The Kier molecular flexibility index (Phi) is 3.98. The third kappa shape index (κ3) is 2.51. The minimum Gasteiger partial charge on any atom is -0.505 e. The lowest BCUT2D eigenvalue weighted by atomic mass is 9.99. The summed E-state index contributed by atoms with van der Waals surface area (Å²) in [6.45, 7) is 2.62. The Balaban J connectivity index is 2.27. The number of rotatable bonds is 2. The Morgan fingerprint density at radius 3 is 2.18 bits per heavy atom. The predicted octanol–water partition coefficient (Wildman–Crippen LogP) is 4.68. The summed E-state index contributed by atoms with van der Waals surface area (Å²) in [4.78, 5) is 0. The number of aromatic hydroxyl groups is 1. The SMILES string of the molecule is CCNC(=S)N=Nc1c(O)c2ccccc2c2ccccc12. The van der Waals surface area contributed by atoms with E-state index in [0.717, 1.165) is 21.5 Å². The van der Waals surface area contributed by atoms with Gasteiger partial charge in [0.25, 0.3) is 0 Å². The number of benzene rings is 3. The van der Waals surface area contributed by atoms with E-state index in [1.165, 1.54) is 0 Å². The molecule has 0 amide bonds. The maximum atomic E-state index is 10.6. The van der Waals surface area contributed by atoms with Crippen molar-refractivity contribution in [2.24, 2.45) is 10.2 Å². The number of phenolic OH excluding ortho intramolecular Hbond substituents is 1. The normalized spacial score (nSPS) is 11.3. The van der Waals surface area contributed by atoms with Crippen LogP contribution in [-0.4, -0.2) is 16.8 Å². The van der Waals surface area contributed by atoms with Gasteiger partial charge in [-0.05, 0) is 29.9 Å². The van der Waals surface area contributed by atoms with E-state index in [9.17, 15) is 5.11 Å². The van der Waals surface area contributed by atoms with E-state index in [4.69, 9.17) is 12.2 Å². The number of hydrogen-bond donors (Lipinski definition) is 2. The molecule has 0 saturated heterocycles. The number of thiocarbonyl (C=S) groups is 1. The van der Waals surface area contributed by atoms with Gasteiger partial charge in [-0.1, -0.05) is 48.5 Å². The van der Waals surface area contributed by atoms with E-state index in [2.05, 4.69) is 15.5 Å². The number of phenols is 1. The first-order valence-corrected chi connectivity index (χ1v) is 7.45. The van der Waals surface area contributed by atoms with Crippen LogP contribution in [0.4, 0.5) is 5.69 Å². The molecule has 0 bridgehead atoms. The van der Waals surface area contributed by atoms with Crippen LogP contribution < -0.4 is 5.32 Å². The second-order valence-electron chi connectivity index (χ2n) is 4.82. The van der Waals surface area contributed by atoms with Crippen LogP contribution in [0.15, 0.2) is 58.8 Å². The summed E-state index contributed by atoms with van der Waals surface area (Å²) in [5, 5.41) is 25.6. The zero-order chi connectivity index (χ0) is 15.5. The molecule has 3 rings (SSSR count). The average molecular weight is 309 g/mol. The lowest BCUT2D eigenvalue weighted by molar-refractivity contribution is 0.483. The quantitative estimate of drug-likeness (QED) is 0.410. The van der Waals surface area contributed by atoms with Gasteiger partial charge < -0.3 is 10.4 Å². The first-order chi connectivity index (χ1) is 10.7.